The Balaban J connectivity index is 2.10. The molecule has 0 radical (unpaired) electrons. The van der Waals surface area contributed by atoms with Crippen LogP contribution >= 0.6 is 0 Å². The van der Waals surface area contributed by atoms with Gasteiger partial charge in [-0.2, -0.15) is 0 Å². The SMILES string of the molecule is C[C@H](NC(=O)c1cnccn1)c1ccc(S(C)(=O)=O)cc1. The topological polar surface area (TPSA) is 89.0 Å². The average molecular weight is 305 g/mol. The lowest BCUT2D eigenvalue weighted by atomic mass is 10.1. The number of benzene rings is 1. The van der Waals surface area contributed by atoms with E-state index in [4.69, 9.17) is 0 Å². The zero-order valence-corrected chi connectivity index (χ0v) is 12.5. The normalized spacial score (nSPS) is 12.7. The molecule has 0 unspecified atom stereocenters. The van der Waals surface area contributed by atoms with Crippen LogP contribution in [0, 0.1) is 0 Å². The second kappa shape index (κ2) is 6.01. The molecule has 1 atom stereocenters. The Bertz CT molecular complexity index is 728. The first-order valence-corrected chi connectivity index (χ1v) is 8.14. The van der Waals surface area contributed by atoms with Crippen molar-refractivity contribution in [3.8, 4) is 0 Å². The molecule has 2 rings (SSSR count). The molecule has 0 spiro atoms. The van der Waals surface area contributed by atoms with E-state index in [1.54, 1.807) is 12.1 Å². The van der Waals surface area contributed by atoms with Crippen molar-refractivity contribution in [2.24, 2.45) is 0 Å². The van der Waals surface area contributed by atoms with Gasteiger partial charge >= 0.3 is 0 Å². The number of amides is 1. The summed E-state index contributed by atoms with van der Waals surface area (Å²) >= 11 is 0. The molecule has 0 aliphatic heterocycles. The van der Waals surface area contributed by atoms with Gasteiger partial charge in [-0.05, 0) is 24.6 Å². The predicted octanol–water partition coefficient (Wildman–Crippen LogP) is 1.37. The van der Waals surface area contributed by atoms with E-state index < -0.39 is 9.84 Å². The largest absolute Gasteiger partial charge is 0.344 e. The van der Waals surface area contributed by atoms with Crippen LogP contribution in [0.2, 0.25) is 0 Å². The van der Waals surface area contributed by atoms with Gasteiger partial charge in [0, 0.05) is 18.6 Å². The lowest BCUT2D eigenvalue weighted by Gasteiger charge is -2.14. The first-order valence-electron chi connectivity index (χ1n) is 6.25. The summed E-state index contributed by atoms with van der Waals surface area (Å²) in [7, 11) is -3.22. The van der Waals surface area contributed by atoms with Crippen LogP contribution in [0.25, 0.3) is 0 Å². The maximum atomic E-state index is 11.9. The van der Waals surface area contributed by atoms with Crippen LogP contribution in [0.4, 0.5) is 0 Å². The highest BCUT2D eigenvalue weighted by Gasteiger charge is 2.13. The third-order valence-corrected chi connectivity index (χ3v) is 4.08. The fourth-order valence-electron chi connectivity index (χ4n) is 1.77. The molecule has 0 saturated carbocycles. The minimum atomic E-state index is -3.22. The predicted molar refractivity (Wildman–Crippen MR) is 77.5 cm³/mol. The summed E-state index contributed by atoms with van der Waals surface area (Å²) in [5.74, 6) is -0.331. The number of nitrogens with one attached hydrogen (secondary N) is 1. The molecule has 0 aliphatic rings. The Morgan fingerprint density at radius 2 is 1.86 bits per heavy atom. The zero-order chi connectivity index (χ0) is 15.5. The van der Waals surface area contributed by atoms with E-state index in [0.717, 1.165) is 11.8 Å². The number of hydrogen-bond donors (Lipinski definition) is 1. The van der Waals surface area contributed by atoms with Gasteiger partial charge in [-0.1, -0.05) is 12.1 Å². The highest BCUT2D eigenvalue weighted by Crippen LogP contribution is 2.16. The van der Waals surface area contributed by atoms with Crippen molar-refractivity contribution in [2.45, 2.75) is 17.9 Å². The summed E-state index contributed by atoms with van der Waals surface area (Å²) < 4.78 is 22.8. The molecule has 1 aromatic heterocycles. The van der Waals surface area contributed by atoms with Gasteiger partial charge in [0.2, 0.25) is 0 Å². The number of carbonyl (C=O) groups is 1. The second-order valence-corrected chi connectivity index (χ2v) is 6.64. The van der Waals surface area contributed by atoms with Crippen molar-refractivity contribution >= 4 is 15.7 Å². The Morgan fingerprint density at radius 3 is 2.38 bits per heavy atom. The number of carbonyl (C=O) groups excluding carboxylic acids is 1. The monoisotopic (exact) mass is 305 g/mol. The Hall–Kier alpha value is -2.28. The van der Waals surface area contributed by atoms with Gasteiger partial charge in [-0.3, -0.25) is 9.78 Å². The van der Waals surface area contributed by atoms with E-state index in [-0.39, 0.29) is 22.5 Å². The molecular weight excluding hydrogens is 290 g/mol. The molecule has 2 aromatic rings. The van der Waals surface area contributed by atoms with Crippen molar-refractivity contribution in [3.63, 3.8) is 0 Å². The van der Waals surface area contributed by atoms with Crippen LogP contribution in [-0.2, 0) is 9.84 Å². The number of aromatic nitrogens is 2. The first-order chi connectivity index (χ1) is 9.88. The number of sulfone groups is 1. The van der Waals surface area contributed by atoms with Crippen LogP contribution in [0.5, 0.6) is 0 Å². The lowest BCUT2D eigenvalue weighted by Crippen LogP contribution is -2.27. The van der Waals surface area contributed by atoms with Gasteiger partial charge < -0.3 is 5.32 Å². The summed E-state index contributed by atoms with van der Waals surface area (Å²) in [6.45, 7) is 1.81. The zero-order valence-electron chi connectivity index (χ0n) is 11.6. The molecule has 0 bridgehead atoms. The number of rotatable bonds is 4. The molecule has 1 aromatic carbocycles. The highest BCUT2D eigenvalue weighted by atomic mass is 32.2. The van der Waals surface area contributed by atoms with Crippen LogP contribution in [0.15, 0.2) is 47.8 Å². The molecule has 1 N–H and O–H groups in total. The quantitative estimate of drug-likeness (QED) is 0.921. The van der Waals surface area contributed by atoms with Crippen molar-refractivity contribution in [3.05, 3.63) is 54.1 Å². The Morgan fingerprint density at radius 1 is 1.19 bits per heavy atom. The molecule has 1 heterocycles. The summed E-state index contributed by atoms with van der Waals surface area (Å²) in [6, 6.07) is 6.13. The summed E-state index contributed by atoms with van der Waals surface area (Å²) in [5.41, 5.74) is 1.04. The van der Waals surface area contributed by atoms with Crippen molar-refractivity contribution in [1.82, 2.24) is 15.3 Å². The van der Waals surface area contributed by atoms with E-state index in [2.05, 4.69) is 15.3 Å². The summed E-state index contributed by atoms with van der Waals surface area (Å²) in [5, 5.41) is 2.78. The summed E-state index contributed by atoms with van der Waals surface area (Å²) in [4.78, 5) is 19.9. The van der Waals surface area contributed by atoms with E-state index in [9.17, 15) is 13.2 Å². The molecule has 21 heavy (non-hydrogen) atoms. The summed E-state index contributed by atoms with van der Waals surface area (Å²) in [6.07, 6.45) is 5.47. The minimum Gasteiger partial charge on any atom is -0.344 e. The second-order valence-electron chi connectivity index (χ2n) is 4.63. The molecule has 110 valence electrons. The number of hydrogen-bond acceptors (Lipinski definition) is 5. The molecule has 0 saturated heterocycles. The molecular formula is C14H15N3O3S. The van der Waals surface area contributed by atoms with Gasteiger partial charge in [-0.15, -0.1) is 0 Å². The maximum absolute atomic E-state index is 11.9. The standard InChI is InChI=1S/C14H15N3O3S/c1-10(17-14(18)13-9-15-7-8-16-13)11-3-5-12(6-4-11)21(2,19)20/h3-10H,1-2H3,(H,17,18)/t10-/m0/s1. The number of nitrogens with zero attached hydrogens (tertiary/aromatic N) is 2. The fraction of sp³-hybridized carbons (Fsp3) is 0.214. The molecule has 0 aliphatic carbocycles. The van der Waals surface area contributed by atoms with E-state index >= 15 is 0 Å². The van der Waals surface area contributed by atoms with E-state index in [0.29, 0.717) is 0 Å². The van der Waals surface area contributed by atoms with E-state index in [1.165, 1.54) is 30.7 Å². The van der Waals surface area contributed by atoms with Crippen LogP contribution in [0.3, 0.4) is 0 Å². The first kappa shape index (κ1) is 15.1. The van der Waals surface area contributed by atoms with Crippen LogP contribution < -0.4 is 5.32 Å². The lowest BCUT2D eigenvalue weighted by molar-refractivity contribution is 0.0934. The van der Waals surface area contributed by atoms with Crippen molar-refractivity contribution in [1.29, 1.82) is 0 Å². The molecule has 0 fully saturated rings. The van der Waals surface area contributed by atoms with E-state index in [1.807, 2.05) is 6.92 Å². The fourth-order valence-corrected chi connectivity index (χ4v) is 2.40. The third-order valence-electron chi connectivity index (χ3n) is 2.95. The minimum absolute atomic E-state index is 0.233. The Labute approximate surface area is 123 Å². The van der Waals surface area contributed by atoms with Gasteiger partial charge in [0.05, 0.1) is 17.1 Å². The van der Waals surface area contributed by atoms with Crippen molar-refractivity contribution in [2.75, 3.05) is 6.26 Å². The highest BCUT2D eigenvalue weighted by molar-refractivity contribution is 7.90. The molecule has 6 nitrogen and oxygen atoms in total. The third kappa shape index (κ3) is 3.85. The maximum Gasteiger partial charge on any atom is 0.271 e. The van der Waals surface area contributed by atoms with Crippen LogP contribution in [0.1, 0.15) is 29.0 Å². The smallest absolute Gasteiger partial charge is 0.271 e. The van der Waals surface area contributed by atoms with Crippen LogP contribution in [-0.4, -0.2) is 30.5 Å². The van der Waals surface area contributed by atoms with Gasteiger partial charge in [0.25, 0.3) is 5.91 Å². The Kier molecular flexibility index (Phi) is 4.32. The van der Waals surface area contributed by atoms with Gasteiger partial charge in [0.1, 0.15) is 5.69 Å². The van der Waals surface area contributed by atoms with Gasteiger partial charge in [0.15, 0.2) is 9.84 Å². The molecule has 7 heteroatoms. The van der Waals surface area contributed by atoms with Crippen molar-refractivity contribution < 1.29 is 13.2 Å². The average Bonchev–Trinajstić information content (AvgIpc) is 2.47. The molecule has 1 amide bonds. The van der Waals surface area contributed by atoms with Gasteiger partial charge in [-0.25, -0.2) is 13.4 Å².